The van der Waals surface area contributed by atoms with E-state index in [1.54, 1.807) is 0 Å². The molecule has 4 atom stereocenters. The molecule has 0 amide bonds. The van der Waals surface area contributed by atoms with Crippen LogP contribution in [0.4, 0.5) is 0 Å². The van der Waals surface area contributed by atoms with Crippen LogP contribution in [0.3, 0.4) is 0 Å². The Morgan fingerprint density at radius 3 is 2.71 bits per heavy atom. The van der Waals surface area contributed by atoms with Gasteiger partial charge in [-0.05, 0) is 89.2 Å². The highest BCUT2D eigenvalue weighted by Gasteiger charge is 2.49. The highest BCUT2D eigenvalue weighted by molar-refractivity contribution is 14.1. The molecule has 114 valence electrons. The monoisotopic (exact) mass is 511 g/mol. The van der Waals surface area contributed by atoms with E-state index in [2.05, 4.69) is 75.3 Å². The maximum atomic E-state index is 12.4. The summed E-state index contributed by atoms with van der Waals surface area (Å²) in [5.74, 6) is 0.206. The number of piperidine rings is 1. The molecule has 3 nitrogen and oxygen atoms in total. The van der Waals surface area contributed by atoms with Gasteiger partial charge in [0.1, 0.15) is 0 Å². The van der Waals surface area contributed by atoms with Gasteiger partial charge in [0.05, 0.1) is 13.0 Å². The summed E-state index contributed by atoms with van der Waals surface area (Å²) >= 11 is 4.73. The minimum Gasteiger partial charge on any atom is -0.469 e. The molecule has 2 aliphatic rings. The van der Waals surface area contributed by atoms with E-state index in [0.717, 1.165) is 12.8 Å². The zero-order valence-electron chi connectivity index (χ0n) is 12.2. The number of fused-ring (bicyclic) bond motifs is 2. The van der Waals surface area contributed by atoms with Gasteiger partial charge in [-0.15, -0.1) is 0 Å². The fraction of sp³-hybridized carbons (Fsp3) is 0.562. The van der Waals surface area contributed by atoms with Gasteiger partial charge < -0.3 is 4.74 Å². The topological polar surface area (TPSA) is 29.5 Å². The molecule has 21 heavy (non-hydrogen) atoms. The summed E-state index contributed by atoms with van der Waals surface area (Å²) in [6, 6.07) is 7.53. The molecule has 2 bridgehead atoms. The number of hydrogen-bond donors (Lipinski definition) is 0. The fourth-order valence-corrected chi connectivity index (χ4v) is 4.88. The lowest BCUT2D eigenvalue weighted by atomic mass is 9.76. The van der Waals surface area contributed by atoms with Crippen molar-refractivity contribution in [3.63, 3.8) is 0 Å². The summed E-state index contributed by atoms with van der Waals surface area (Å²) in [4.78, 5) is 14.8. The molecule has 1 aromatic carbocycles. The van der Waals surface area contributed by atoms with Crippen LogP contribution < -0.4 is 0 Å². The SMILES string of the molecule is COC(=O)C1C2CC[C@H](C[C@@H]1c1ccc(I)c(I)c1)N2C. The Bertz CT molecular complexity index is 563. The second-order valence-electron chi connectivity index (χ2n) is 6.03. The van der Waals surface area contributed by atoms with Crippen LogP contribution in [0.5, 0.6) is 0 Å². The Labute approximate surface area is 153 Å². The van der Waals surface area contributed by atoms with Crippen molar-refractivity contribution in [1.82, 2.24) is 4.90 Å². The maximum Gasteiger partial charge on any atom is 0.310 e. The molecule has 0 aromatic heterocycles. The third-order valence-corrected chi connectivity index (χ3v) is 7.98. The maximum absolute atomic E-state index is 12.4. The predicted molar refractivity (Wildman–Crippen MR) is 99.3 cm³/mol. The van der Waals surface area contributed by atoms with E-state index < -0.39 is 0 Å². The molecule has 2 heterocycles. The molecule has 2 aliphatic heterocycles. The molecule has 1 aromatic rings. The minimum absolute atomic E-state index is 0.0328. The normalized spacial score (nSPS) is 32.2. The average Bonchev–Trinajstić information content (AvgIpc) is 2.72. The molecule has 0 spiro atoms. The molecular formula is C16H19I2NO2. The summed E-state index contributed by atoms with van der Waals surface area (Å²) < 4.78 is 7.66. The Hall–Kier alpha value is 0.110. The Balaban J connectivity index is 1.98. The second-order valence-corrected chi connectivity index (χ2v) is 8.35. The third-order valence-electron chi connectivity index (χ3n) is 5.11. The number of ether oxygens (including phenoxy) is 1. The van der Waals surface area contributed by atoms with Gasteiger partial charge in [-0.1, -0.05) is 6.07 Å². The number of hydrogen-bond acceptors (Lipinski definition) is 3. The van der Waals surface area contributed by atoms with E-state index in [1.165, 1.54) is 26.2 Å². The highest BCUT2D eigenvalue weighted by atomic mass is 127. The van der Waals surface area contributed by atoms with Crippen molar-refractivity contribution in [2.75, 3.05) is 14.2 Å². The van der Waals surface area contributed by atoms with Crippen molar-refractivity contribution in [2.24, 2.45) is 5.92 Å². The van der Waals surface area contributed by atoms with Gasteiger partial charge in [-0.3, -0.25) is 9.69 Å². The lowest BCUT2D eigenvalue weighted by Crippen LogP contribution is -2.49. The number of halogens is 2. The van der Waals surface area contributed by atoms with Crippen molar-refractivity contribution in [1.29, 1.82) is 0 Å². The Kier molecular flexibility index (Phi) is 4.80. The first-order chi connectivity index (χ1) is 10.0. The molecular weight excluding hydrogens is 492 g/mol. The zero-order chi connectivity index (χ0) is 15.1. The molecule has 0 N–H and O–H groups in total. The lowest BCUT2D eigenvalue weighted by molar-refractivity contribution is -0.150. The number of rotatable bonds is 2. The molecule has 2 unspecified atom stereocenters. The van der Waals surface area contributed by atoms with Gasteiger partial charge in [0, 0.05) is 25.1 Å². The minimum atomic E-state index is -0.0502. The van der Waals surface area contributed by atoms with Crippen LogP contribution in [0.25, 0.3) is 0 Å². The molecule has 3 rings (SSSR count). The highest BCUT2D eigenvalue weighted by Crippen LogP contribution is 2.46. The van der Waals surface area contributed by atoms with Crippen molar-refractivity contribution >= 4 is 51.2 Å². The van der Waals surface area contributed by atoms with Gasteiger partial charge in [-0.25, -0.2) is 0 Å². The van der Waals surface area contributed by atoms with Crippen LogP contribution in [0.1, 0.15) is 30.7 Å². The second kappa shape index (κ2) is 6.31. The van der Waals surface area contributed by atoms with Crippen LogP contribution in [0, 0.1) is 13.1 Å². The van der Waals surface area contributed by atoms with E-state index in [9.17, 15) is 4.79 Å². The fourth-order valence-electron chi connectivity index (χ4n) is 4.01. The number of carbonyl (C=O) groups excluding carboxylic acids is 1. The molecule has 0 radical (unpaired) electrons. The Morgan fingerprint density at radius 1 is 1.29 bits per heavy atom. The smallest absolute Gasteiger partial charge is 0.310 e. The van der Waals surface area contributed by atoms with Crippen molar-refractivity contribution < 1.29 is 9.53 Å². The molecule has 2 saturated heterocycles. The van der Waals surface area contributed by atoms with Gasteiger partial charge in [0.25, 0.3) is 0 Å². The van der Waals surface area contributed by atoms with Crippen LogP contribution in [-0.4, -0.2) is 37.1 Å². The lowest BCUT2D eigenvalue weighted by Gasteiger charge is -2.41. The van der Waals surface area contributed by atoms with Crippen molar-refractivity contribution in [2.45, 2.75) is 37.3 Å². The zero-order valence-corrected chi connectivity index (χ0v) is 16.5. The van der Waals surface area contributed by atoms with E-state index in [1.807, 2.05) is 0 Å². The summed E-state index contributed by atoms with van der Waals surface area (Å²) in [6.45, 7) is 0. The third kappa shape index (κ3) is 2.85. The van der Waals surface area contributed by atoms with Gasteiger partial charge >= 0.3 is 5.97 Å². The van der Waals surface area contributed by atoms with Crippen molar-refractivity contribution in [3.05, 3.63) is 30.9 Å². The first kappa shape index (κ1) is 16.0. The number of esters is 1. The summed E-state index contributed by atoms with van der Waals surface area (Å²) in [5.41, 5.74) is 1.29. The number of carbonyl (C=O) groups is 1. The van der Waals surface area contributed by atoms with Crippen LogP contribution >= 0.6 is 45.2 Å². The van der Waals surface area contributed by atoms with Gasteiger partial charge in [0.15, 0.2) is 0 Å². The van der Waals surface area contributed by atoms with E-state index in [4.69, 9.17) is 4.74 Å². The van der Waals surface area contributed by atoms with Crippen molar-refractivity contribution in [3.8, 4) is 0 Å². The molecule has 0 aliphatic carbocycles. The quantitative estimate of drug-likeness (QED) is 0.449. The number of nitrogens with zero attached hydrogens (tertiary/aromatic N) is 1. The largest absolute Gasteiger partial charge is 0.469 e. The predicted octanol–water partition coefficient (Wildman–Crippen LogP) is 3.64. The number of methoxy groups -OCH3 is 1. The van der Waals surface area contributed by atoms with Crippen LogP contribution in [0.15, 0.2) is 18.2 Å². The summed E-state index contributed by atoms with van der Waals surface area (Å²) in [7, 11) is 3.67. The standard InChI is InChI=1S/C16H19I2NO2/c1-19-10-4-6-14(19)15(16(20)21-2)11(8-10)9-3-5-12(17)13(18)7-9/h3,5,7,10-11,14-15H,4,6,8H2,1-2H3/t10-,11-,14?,15?/m1/s1. The first-order valence-electron chi connectivity index (χ1n) is 7.27. The van der Waals surface area contributed by atoms with E-state index in [-0.39, 0.29) is 17.8 Å². The summed E-state index contributed by atoms with van der Waals surface area (Å²) in [5, 5.41) is 0. The average molecular weight is 511 g/mol. The summed E-state index contributed by atoms with van der Waals surface area (Å²) in [6.07, 6.45) is 3.37. The molecule has 2 fully saturated rings. The Morgan fingerprint density at radius 2 is 2.05 bits per heavy atom. The molecule has 0 saturated carbocycles. The van der Waals surface area contributed by atoms with E-state index in [0.29, 0.717) is 12.1 Å². The van der Waals surface area contributed by atoms with Gasteiger partial charge in [-0.2, -0.15) is 0 Å². The number of benzene rings is 1. The molecule has 5 heteroatoms. The first-order valence-corrected chi connectivity index (χ1v) is 9.43. The van der Waals surface area contributed by atoms with Crippen LogP contribution in [0.2, 0.25) is 0 Å². The van der Waals surface area contributed by atoms with Crippen LogP contribution in [-0.2, 0) is 9.53 Å². The van der Waals surface area contributed by atoms with Gasteiger partial charge in [0.2, 0.25) is 0 Å². The van der Waals surface area contributed by atoms with E-state index >= 15 is 0 Å².